The Kier molecular flexibility index (Phi) is 3.51. The highest BCUT2D eigenvalue weighted by Gasteiger charge is 2.19. The lowest BCUT2D eigenvalue weighted by Gasteiger charge is -2.19. The molecule has 1 heterocycles. The van der Waals surface area contributed by atoms with E-state index >= 15 is 0 Å². The van der Waals surface area contributed by atoms with Crippen LogP contribution < -0.4 is 5.73 Å². The average molecular weight is 269 g/mol. The number of hydrogen-bond acceptors (Lipinski definition) is 2. The van der Waals surface area contributed by atoms with Crippen LogP contribution >= 0.6 is 0 Å². The van der Waals surface area contributed by atoms with E-state index in [0.29, 0.717) is 5.92 Å². The number of benzene rings is 1. The van der Waals surface area contributed by atoms with E-state index in [4.69, 9.17) is 10.8 Å². The van der Waals surface area contributed by atoms with Crippen molar-refractivity contribution in [1.82, 2.24) is 9.78 Å². The molecule has 0 unspecified atom stereocenters. The zero-order valence-electron chi connectivity index (χ0n) is 12.4. The van der Waals surface area contributed by atoms with Gasteiger partial charge in [-0.2, -0.15) is 5.10 Å². The van der Waals surface area contributed by atoms with Gasteiger partial charge in [-0.25, -0.2) is 4.68 Å². The zero-order valence-corrected chi connectivity index (χ0v) is 12.4. The first-order valence-corrected chi connectivity index (χ1v) is 7.57. The third-order valence-electron chi connectivity index (χ3n) is 4.23. The fraction of sp³-hybridized carbons (Fsp3) is 0.471. The second-order valence-corrected chi connectivity index (χ2v) is 6.09. The van der Waals surface area contributed by atoms with Crippen LogP contribution in [0.25, 0.3) is 5.69 Å². The molecule has 2 N–H and O–H groups in total. The lowest BCUT2D eigenvalue weighted by molar-refractivity contribution is 0.435. The normalized spacial score (nSPS) is 16.5. The number of nitrogens with two attached hydrogens (primary N) is 1. The van der Waals surface area contributed by atoms with E-state index in [-0.39, 0.29) is 0 Å². The maximum absolute atomic E-state index is 6.18. The van der Waals surface area contributed by atoms with Gasteiger partial charge in [-0.05, 0) is 49.9 Å². The maximum Gasteiger partial charge on any atom is 0.127 e. The quantitative estimate of drug-likeness (QED) is 0.891. The van der Waals surface area contributed by atoms with Crippen molar-refractivity contribution in [2.75, 3.05) is 5.73 Å². The molecule has 1 fully saturated rings. The van der Waals surface area contributed by atoms with Crippen LogP contribution in [-0.4, -0.2) is 9.78 Å². The van der Waals surface area contributed by atoms with Crippen LogP contribution in [-0.2, 0) is 0 Å². The molecule has 1 aromatic carbocycles. The highest BCUT2D eigenvalue weighted by atomic mass is 15.3. The van der Waals surface area contributed by atoms with Gasteiger partial charge < -0.3 is 5.73 Å². The summed E-state index contributed by atoms with van der Waals surface area (Å²) < 4.78 is 1.89. The van der Waals surface area contributed by atoms with Gasteiger partial charge in [0.25, 0.3) is 0 Å². The number of nitrogens with zero attached hydrogens (tertiary/aromatic N) is 2. The van der Waals surface area contributed by atoms with Gasteiger partial charge in [0.15, 0.2) is 0 Å². The van der Waals surface area contributed by atoms with Crippen LogP contribution in [0.2, 0.25) is 0 Å². The predicted molar refractivity (Wildman–Crippen MR) is 83.3 cm³/mol. The van der Waals surface area contributed by atoms with Crippen molar-refractivity contribution in [2.24, 2.45) is 0 Å². The van der Waals surface area contributed by atoms with E-state index in [0.717, 1.165) is 11.5 Å². The van der Waals surface area contributed by atoms with E-state index in [9.17, 15) is 0 Å². The molecule has 0 bridgehead atoms. The minimum atomic E-state index is 0.596. The molecule has 0 aliphatic heterocycles. The summed E-state index contributed by atoms with van der Waals surface area (Å²) in [6.45, 7) is 4.22. The Morgan fingerprint density at radius 3 is 2.30 bits per heavy atom. The lowest BCUT2D eigenvalue weighted by Crippen LogP contribution is -2.07. The molecular weight excluding hydrogens is 246 g/mol. The van der Waals surface area contributed by atoms with Gasteiger partial charge in [0.05, 0.1) is 11.4 Å². The van der Waals surface area contributed by atoms with Gasteiger partial charge in [-0.3, -0.25) is 0 Å². The Labute approximate surface area is 120 Å². The SMILES string of the molecule is Cc1cc(C)cc(-n2nc(C3CCCCC3)cc2N)c1. The van der Waals surface area contributed by atoms with Gasteiger partial charge in [0, 0.05) is 12.0 Å². The van der Waals surface area contributed by atoms with Gasteiger partial charge in [0.2, 0.25) is 0 Å². The highest BCUT2D eigenvalue weighted by Crippen LogP contribution is 2.33. The molecular formula is C17H23N3. The predicted octanol–water partition coefficient (Wildman–Crippen LogP) is 4.12. The Hall–Kier alpha value is -1.77. The van der Waals surface area contributed by atoms with Crippen molar-refractivity contribution < 1.29 is 0 Å². The summed E-state index contributed by atoms with van der Waals surface area (Å²) in [4.78, 5) is 0. The average Bonchev–Trinajstić information content (AvgIpc) is 2.81. The molecule has 0 radical (unpaired) electrons. The number of hydrogen-bond donors (Lipinski definition) is 1. The molecule has 1 aliphatic rings. The zero-order chi connectivity index (χ0) is 14.1. The molecule has 0 atom stereocenters. The van der Waals surface area contributed by atoms with Gasteiger partial charge in [-0.15, -0.1) is 0 Å². The molecule has 3 rings (SSSR count). The molecule has 106 valence electrons. The lowest BCUT2D eigenvalue weighted by atomic mass is 9.87. The smallest absolute Gasteiger partial charge is 0.127 e. The van der Waals surface area contributed by atoms with Crippen molar-refractivity contribution >= 4 is 5.82 Å². The molecule has 0 amide bonds. The Morgan fingerprint density at radius 1 is 1.00 bits per heavy atom. The first kappa shape index (κ1) is 13.2. The fourth-order valence-corrected chi connectivity index (χ4v) is 3.29. The second kappa shape index (κ2) is 5.31. The van der Waals surface area contributed by atoms with Crippen LogP contribution in [0, 0.1) is 13.8 Å². The summed E-state index contributed by atoms with van der Waals surface area (Å²) in [5, 5.41) is 4.78. The molecule has 1 aromatic heterocycles. The Morgan fingerprint density at radius 2 is 1.65 bits per heavy atom. The molecule has 0 saturated heterocycles. The highest BCUT2D eigenvalue weighted by molar-refractivity contribution is 5.46. The molecule has 20 heavy (non-hydrogen) atoms. The van der Waals surface area contributed by atoms with Crippen LogP contribution in [0.15, 0.2) is 24.3 Å². The Balaban J connectivity index is 1.95. The summed E-state index contributed by atoms with van der Waals surface area (Å²) in [7, 11) is 0. The third-order valence-corrected chi connectivity index (χ3v) is 4.23. The molecule has 1 aliphatic carbocycles. The first-order valence-electron chi connectivity index (χ1n) is 7.57. The van der Waals surface area contributed by atoms with Crippen LogP contribution in [0.1, 0.15) is 54.8 Å². The minimum Gasteiger partial charge on any atom is -0.384 e. The number of aromatic nitrogens is 2. The van der Waals surface area contributed by atoms with Crippen molar-refractivity contribution in [1.29, 1.82) is 0 Å². The van der Waals surface area contributed by atoms with E-state index < -0.39 is 0 Å². The van der Waals surface area contributed by atoms with Crippen LogP contribution in [0.3, 0.4) is 0 Å². The topological polar surface area (TPSA) is 43.8 Å². The molecule has 1 saturated carbocycles. The summed E-state index contributed by atoms with van der Waals surface area (Å²) in [5.41, 5.74) is 10.9. The summed E-state index contributed by atoms with van der Waals surface area (Å²) in [6.07, 6.45) is 6.51. The monoisotopic (exact) mass is 269 g/mol. The van der Waals surface area contributed by atoms with Crippen molar-refractivity contribution in [3.8, 4) is 5.69 Å². The third kappa shape index (κ3) is 2.58. The number of rotatable bonds is 2. The van der Waals surface area contributed by atoms with Gasteiger partial charge in [-0.1, -0.05) is 25.3 Å². The van der Waals surface area contributed by atoms with E-state index in [2.05, 4.69) is 38.1 Å². The van der Waals surface area contributed by atoms with E-state index in [1.165, 1.54) is 48.9 Å². The molecule has 3 heteroatoms. The van der Waals surface area contributed by atoms with E-state index in [1.807, 2.05) is 4.68 Å². The minimum absolute atomic E-state index is 0.596. The largest absolute Gasteiger partial charge is 0.384 e. The van der Waals surface area contributed by atoms with Gasteiger partial charge in [0.1, 0.15) is 5.82 Å². The van der Waals surface area contributed by atoms with Crippen molar-refractivity contribution in [3.63, 3.8) is 0 Å². The Bertz CT molecular complexity index is 586. The molecule has 3 nitrogen and oxygen atoms in total. The number of aryl methyl sites for hydroxylation is 2. The molecule has 2 aromatic rings. The van der Waals surface area contributed by atoms with Gasteiger partial charge >= 0.3 is 0 Å². The number of nitrogen functional groups attached to an aromatic ring is 1. The van der Waals surface area contributed by atoms with E-state index in [1.54, 1.807) is 0 Å². The van der Waals surface area contributed by atoms with Crippen molar-refractivity contribution in [2.45, 2.75) is 51.9 Å². The standard InChI is InChI=1S/C17H23N3/c1-12-8-13(2)10-15(9-12)20-17(18)11-16(19-20)14-6-4-3-5-7-14/h8-11,14H,3-7,18H2,1-2H3. The van der Waals surface area contributed by atoms with Crippen molar-refractivity contribution in [3.05, 3.63) is 41.1 Å². The second-order valence-electron chi connectivity index (χ2n) is 6.09. The van der Waals surface area contributed by atoms with Crippen LogP contribution in [0.4, 0.5) is 5.82 Å². The molecule has 0 spiro atoms. The maximum atomic E-state index is 6.18. The summed E-state index contributed by atoms with van der Waals surface area (Å²) in [5.74, 6) is 1.34. The summed E-state index contributed by atoms with van der Waals surface area (Å²) >= 11 is 0. The number of anilines is 1. The first-order chi connectivity index (χ1) is 9.63. The fourth-order valence-electron chi connectivity index (χ4n) is 3.29. The summed E-state index contributed by atoms with van der Waals surface area (Å²) in [6, 6.07) is 8.51. The van der Waals surface area contributed by atoms with Crippen LogP contribution in [0.5, 0.6) is 0 Å².